The van der Waals surface area contributed by atoms with Gasteiger partial charge in [-0.15, -0.1) is 24.0 Å². The normalized spacial score (nSPS) is 19.4. The summed E-state index contributed by atoms with van der Waals surface area (Å²) in [6.45, 7) is 0.835. The van der Waals surface area contributed by atoms with Gasteiger partial charge in [0, 0.05) is 32.1 Å². The Morgan fingerprint density at radius 1 is 1.25 bits per heavy atom. The van der Waals surface area contributed by atoms with E-state index in [4.69, 9.17) is 4.74 Å². The summed E-state index contributed by atoms with van der Waals surface area (Å²) in [6, 6.07) is 8.69. The van der Waals surface area contributed by atoms with Crippen LogP contribution in [0.4, 0.5) is 0 Å². The number of hydrogen-bond acceptors (Lipinski definition) is 3. The van der Waals surface area contributed by atoms with Crippen LogP contribution in [0.15, 0.2) is 29.3 Å². The molecule has 1 aromatic carbocycles. The first-order chi connectivity index (χ1) is 11.1. The molecule has 0 bridgehead atoms. The highest BCUT2D eigenvalue weighted by molar-refractivity contribution is 14.0. The first kappa shape index (κ1) is 18.8. The smallest absolute Gasteiger partial charge is 0.243 e. The quantitative estimate of drug-likeness (QED) is 0.423. The van der Waals surface area contributed by atoms with Gasteiger partial charge in [0.1, 0.15) is 12.3 Å². The van der Waals surface area contributed by atoms with Crippen molar-refractivity contribution in [1.29, 1.82) is 0 Å². The van der Waals surface area contributed by atoms with Gasteiger partial charge in [0.05, 0.1) is 12.6 Å². The minimum absolute atomic E-state index is 0. The van der Waals surface area contributed by atoms with Gasteiger partial charge >= 0.3 is 0 Å². The van der Waals surface area contributed by atoms with Crippen molar-refractivity contribution < 1.29 is 9.53 Å². The van der Waals surface area contributed by atoms with Gasteiger partial charge in [-0.1, -0.05) is 18.2 Å². The number of ether oxygens (including phenoxy) is 1. The maximum absolute atomic E-state index is 11.8. The number of nitrogens with one attached hydrogen (secondary N) is 2. The van der Waals surface area contributed by atoms with Crippen molar-refractivity contribution in [2.24, 2.45) is 4.99 Å². The van der Waals surface area contributed by atoms with Gasteiger partial charge < -0.3 is 20.3 Å². The molecule has 1 atom stereocenters. The van der Waals surface area contributed by atoms with Gasteiger partial charge in [-0.05, 0) is 18.9 Å². The molecule has 1 aliphatic heterocycles. The molecule has 1 saturated carbocycles. The number of guanidine groups is 1. The third-order valence-corrected chi connectivity index (χ3v) is 4.06. The highest BCUT2D eigenvalue weighted by atomic mass is 127. The molecule has 24 heavy (non-hydrogen) atoms. The lowest BCUT2D eigenvalue weighted by atomic mass is 10.0. The van der Waals surface area contributed by atoms with Crippen molar-refractivity contribution in [3.8, 4) is 5.75 Å². The third-order valence-electron chi connectivity index (χ3n) is 4.06. The zero-order chi connectivity index (χ0) is 16.2. The van der Waals surface area contributed by atoms with Crippen molar-refractivity contribution in [3.05, 3.63) is 29.8 Å². The Morgan fingerprint density at radius 3 is 2.71 bits per heavy atom. The first-order valence-electron chi connectivity index (χ1n) is 8.13. The molecule has 1 aromatic rings. The molecule has 0 saturated heterocycles. The number of carbonyl (C=O) groups excluding carboxylic acids is 1. The van der Waals surface area contributed by atoms with Crippen molar-refractivity contribution in [2.75, 3.05) is 27.2 Å². The van der Waals surface area contributed by atoms with Crippen LogP contribution >= 0.6 is 24.0 Å². The fourth-order valence-corrected chi connectivity index (χ4v) is 2.50. The second kappa shape index (κ2) is 8.55. The van der Waals surface area contributed by atoms with Crippen LogP contribution in [-0.2, 0) is 4.79 Å². The van der Waals surface area contributed by atoms with E-state index in [0.717, 1.165) is 30.6 Å². The average molecular weight is 444 g/mol. The lowest BCUT2D eigenvalue weighted by Crippen LogP contribution is -2.42. The number of halogens is 1. The van der Waals surface area contributed by atoms with Crippen LogP contribution in [0, 0.1) is 0 Å². The Kier molecular flexibility index (Phi) is 6.70. The summed E-state index contributed by atoms with van der Waals surface area (Å²) in [7, 11) is 3.49. The molecule has 0 aromatic heterocycles. The molecule has 1 amide bonds. The van der Waals surface area contributed by atoms with E-state index in [1.807, 2.05) is 18.2 Å². The van der Waals surface area contributed by atoms with Crippen LogP contribution in [-0.4, -0.2) is 50.1 Å². The molecular weight excluding hydrogens is 419 g/mol. The molecule has 1 aliphatic carbocycles. The first-order valence-corrected chi connectivity index (χ1v) is 8.13. The highest BCUT2D eigenvalue weighted by Gasteiger charge is 2.26. The molecule has 2 N–H and O–H groups in total. The van der Waals surface area contributed by atoms with Crippen molar-refractivity contribution in [3.63, 3.8) is 0 Å². The molecule has 2 aliphatic rings. The van der Waals surface area contributed by atoms with Gasteiger partial charge in [0.2, 0.25) is 5.91 Å². The number of aliphatic imine (C=N–C) groups is 1. The Bertz CT molecular complexity index is 602. The van der Waals surface area contributed by atoms with Crippen LogP contribution in [0.1, 0.15) is 30.9 Å². The molecule has 6 nitrogen and oxygen atoms in total. The summed E-state index contributed by atoms with van der Waals surface area (Å²) in [5.41, 5.74) is 1.14. The molecule has 132 valence electrons. The third kappa shape index (κ3) is 4.99. The van der Waals surface area contributed by atoms with Gasteiger partial charge in [0.15, 0.2) is 5.96 Å². The molecular formula is C17H25IN4O2. The van der Waals surface area contributed by atoms with E-state index in [9.17, 15) is 4.79 Å². The summed E-state index contributed by atoms with van der Waals surface area (Å²) in [5.74, 6) is 1.63. The number of nitrogens with zero attached hydrogens (tertiary/aromatic N) is 2. The lowest BCUT2D eigenvalue weighted by molar-refractivity contribution is -0.127. The number of hydrogen-bond donors (Lipinski definition) is 2. The Balaban J connectivity index is 0.00000208. The van der Waals surface area contributed by atoms with Crippen molar-refractivity contribution in [2.45, 2.75) is 31.3 Å². The molecule has 3 rings (SSSR count). The van der Waals surface area contributed by atoms with Crippen LogP contribution in [0.25, 0.3) is 0 Å². The number of carbonyl (C=O) groups is 1. The summed E-state index contributed by atoms with van der Waals surface area (Å²) in [5, 5.41) is 6.86. The van der Waals surface area contributed by atoms with E-state index in [-0.39, 0.29) is 42.5 Å². The van der Waals surface area contributed by atoms with Gasteiger partial charge in [-0.25, -0.2) is 4.99 Å². The largest absolute Gasteiger partial charge is 0.493 e. The van der Waals surface area contributed by atoms with E-state index in [1.54, 1.807) is 19.0 Å². The Labute approximate surface area is 160 Å². The van der Waals surface area contributed by atoms with E-state index < -0.39 is 0 Å². The minimum Gasteiger partial charge on any atom is -0.493 e. The predicted molar refractivity (Wildman–Crippen MR) is 105 cm³/mol. The topological polar surface area (TPSA) is 66.0 Å². The SMILES string of the molecule is CN(C)C(=O)CN=C(NC1CC1)NC1CCOc2ccccc21.I. The van der Waals surface area contributed by atoms with Crippen LogP contribution in [0.5, 0.6) is 5.75 Å². The summed E-state index contributed by atoms with van der Waals surface area (Å²) >= 11 is 0. The number of likely N-dealkylation sites (N-methyl/N-ethyl adjacent to an activating group) is 1. The Hall–Kier alpha value is -1.51. The Morgan fingerprint density at radius 2 is 2.00 bits per heavy atom. The summed E-state index contributed by atoms with van der Waals surface area (Å²) < 4.78 is 5.70. The number of rotatable bonds is 4. The van der Waals surface area contributed by atoms with Gasteiger partial charge in [-0.2, -0.15) is 0 Å². The molecule has 1 unspecified atom stereocenters. The monoisotopic (exact) mass is 444 g/mol. The number of amides is 1. The average Bonchev–Trinajstić information content (AvgIpc) is 3.36. The van der Waals surface area contributed by atoms with E-state index in [0.29, 0.717) is 18.6 Å². The zero-order valence-corrected chi connectivity index (χ0v) is 16.4. The number of para-hydroxylation sites is 1. The second-order valence-corrected chi connectivity index (χ2v) is 6.24. The van der Waals surface area contributed by atoms with Crippen molar-refractivity contribution in [1.82, 2.24) is 15.5 Å². The summed E-state index contributed by atoms with van der Waals surface area (Å²) in [6.07, 6.45) is 3.20. The fourth-order valence-electron chi connectivity index (χ4n) is 2.50. The zero-order valence-electron chi connectivity index (χ0n) is 14.1. The van der Waals surface area contributed by atoms with Crippen molar-refractivity contribution >= 4 is 35.8 Å². The van der Waals surface area contributed by atoms with Gasteiger partial charge in [-0.3, -0.25) is 4.79 Å². The summed E-state index contributed by atoms with van der Waals surface area (Å²) in [4.78, 5) is 17.8. The maximum atomic E-state index is 11.8. The second-order valence-electron chi connectivity index (χ2n) is 6.24. The fraction of sp³-hybridized carbons (Fsp3) is 0.529. The maximum Gasteiger partial charge on any atom is 0.243 e. The van der Waals surface area contributed by atoms with E-state index in [1.165, 1.54) is 0 Å². The van der Waals surface area contributed by atoms with E-state index >= 15 is 0 Å². The highest BCUT2D eigenvalue weighted by Crippen LogP contribution is 2.31. The van der Waals surface area contributed by atoms with Gasteiger partial charge in [0.25, 0.3) is 0 Å². The van der Waals surface area contributed by atoms with Crippen LogP contribution in [0.2, 0.25) is 0 Å². The molecule has 0 radical (unpaired) electrons. The van der Waals surface area contributed by atoms with E-state index in [2.05, 4.69) is 21.7 Å². The minimum atomic E-state index is -0.00530. The molecule has 0 spiro atoms. The lowest BCUT2D eigenvalue weighted by Gasteiger charge is -2.28. The molecule has 1 heterocycles. The molecule has 7 heteroatoms. The van der Waals surface area contributed by atoms with Crippen LogP contribution in [0.3, 0.4) is 0 Å². The van der Waals surface area contributed by atoms with Crippen LogP contribution < -0.4 is 15.4 Å². The number of benzene rings is 1. The number of fused-ring (bicyclic) bond motifs is 1. The predicted octanol–water partition coefficient (Wildman–Crippen LogP) is 1.91. The standard InChI is InChI=1S/C17H24N4O2.HI/c1-21(2)16(22)11-18-17(19-12-7-8-12)20-14-9-10-23-15-6-4-3-5-13(14)15;/h3-6,12,14H,7-11H2,1-2H3,(H2,18,19,20);1H. The molecule has 1 fully saturated rings.